The standard InChI is InChI=1S/C14H17ClN4S/c1-11-7-9-17-19(11)10-2-8-16-14(20)18-13-5-3-12(15)4-6-13/h3-7,9H,2,8,10H2,1H3,(H2,16,18,20). The fourth-order valence-corrected chi connectivity index (χ4v) is 2.12. The van der Waals surface area contributed by atoms with Crippen LogP contribution in [0.4, 0.5) is 5.69 Å². The second-order valence-corrected chi connectivity index (χ2v) is 5.28. The van der Waals surface area contributed by atoms with Crippen LogP contribution in [0.15, 0.2) is 36.5 Å². The molecule has 1 aromatic heterocycles. The summed E-state index contributed by atoms with van der Waals surface area (Å²) >= 11 is 11.1. The third kappa shape index (κ3) is 4.51. The molecule has 1 aromatic carbocycles. The topological polar surface area (TPSA) is 41.9 Å². The third-order valence-electron chi connectivity index (χ3n) is 2.86. The maximum absolute atomic E-state index is 5.83. The van der Waals surface area contributed by atoms with Crippen molar-refractivity contribution in [1.82, 2.24) is 15.1 Å². The van der Waals surface area contributed by atoms with Crippen molar-refractivity contribution in [2.45, 2.75) is 19.9 Å². The quantitative estimate of drug-likeness (QED) is 0.657. The van der Waals surface area contributed by atoms with Crippen molar-refractivity contribution >= 4 is 34.6 Å². The maximum Gasteiger partial charge on any atom is 0.170 e. The molecule has 0 atom stereocenters. The Hall–Kier alpha value is -1.59. The molecule has 2 aromatic rings. The van der Waals surface area contributed by atoms with Gasteiger partial charge in [-0.15, -0.1) is 0 Å². The molecule has 106 valence electrons. The molecule has 0 aliphatic heterocycles. The summed E-state index contributed by atoms with van der Waals surface area (Å²) in [6.07, 6.45) is 2.78. The lowest BCUT2D eigenvalue weighted by molar-refractivity contribution is 0.561. The molecule has 0 aliphatic rings. The molecule has 0 bridgehead atoms. The predicted molar refractivity (Wildman–Crippen MR) is 87.3 cm³/mol. The first-order valence-electron chi connectivity index (χ1n) is 6.44. The molecule has 0 radical (unpaired) electrons. The van der Waals surface area contributed by atoms with Crippen molar-refractivity contribution in [1.29, 1.82) is 0 Å². The zero-order chi connectivity index (χ0) is 14.4. The van der Waals surface area contributed by atoms with E-state index in [4.69, 9.17) is 23.8 Å². The van der Waals surface area contributed by atoms with Gasteiger partial charge in [-0.3, -0.25) is 4.68 Å². The van der Waals surface area contributed by atoms with Gasteiger partial charge in [-0.05, 0) is 55.9 Å². The lowest BCUT2D eigenvalue weighted by Gasteiger charge is -2.11. The van der Waals surface area contributed by atoms with Gasteiger partial charge in [0.05, 0.1) is 0 Å². The Balaban J connectivity index is 1.68. The zero-order valence-electron chi connectivity index (χ0n) is 11.3. The van der Waals surface area contributed by atoms with Crippen LogP contribution < -0.4 is 10.6 Å². The van der Waals surface area contributed by atoms with E-state index in [1.54, 1.807) is 0 Å². The Morgan fingerprint density at radius 3 is 2.70 bits per heavy atom. The number of benzene rings is 1. The summed E-state index contributed by atoms with van der Waals surface area (Å²) in [7, 11) is 0. The smallest absolute Gasteiger partial charge is 0.170 e. The van der Waals surface area contributed by atoms with Gasteiger partial charge in [0.2, 0.25) is 0 Å². The molecule has 0 aliphatic carbocycles. The van der Waals surface area contributed by atoms with Crippen LogP contribution in [-0.4, -0.2) is 21.4 Å². The first-order chi connectivity index (χ1) is 9.65. The molecule has 6 heteroatoms. The van der Waals surface area contributed by atoms with Gasteiger partial charge in [0, 0.05) is 35.7 Å². The minimum Gasteiger partial charge on any atom is -0.362 e. The lowest BCUT2D eigenvalue weighted by atomic mass is 10.3. The maximum atomic E-state index is 5.83. The number of anilines is 1. The second kappa shape index (κ2) is 7.26. The van der Waals surface area contributed by atoms with Crippen LogP contribution in [-0.2, 0) is 6.54 Å². The van der Waals surface area contributed by atoms with Gasteiger partial charge in [0.15, 0.2) is 5.11 Å². The van der Waals surface area contributed by atoms with Crippen molar-refractivity contribution in [3.05, 3.63) is 47.2 Å². The fourth-order valence-electron chi connectivity index (χ4n) is 1.77. The molecule has 20 heavy (non-hydrogen) atoms. The monoisotopic (exact) mass is 308 g/mol. The van der Waals surface area contributed by atoms with E-state index in [-0.39, 0.29) is 0 Å². The Bertz CT molecular complexity index is 565. The molecule has 0 unspecified atom stereocenters. The van der Waals surface area contributed by atoms with Gasteiger partial charge >= 0.3 is 0 Å². The molecule has 0 saturated carbocycles. The highest BCUT2D eigenvalue weighted by molar-refractivity contribution is 7.80. The predicted octanol–water partition coefficient (Wildman–Crippen LogP) is 3.22. The van der Waals surface area contributed by atoms with Crippen molar-refractivity contribution in [3.8, 4) is 0 Å². The van der Waals surface area contributed by atoms with Crippen molar-refractivity contribution in [2.75, 3.05) is 11.9 Å². The van der Waals surface area contributed by atoms with Crippen molar-refractivity contribution in [2.24, 2.45) is 0 Å². The Kier molecular flexibility index (Phi) is 5.38. The van der Waals surface area contributed by atoms with E-state index in [1.807, 2.05) is 48.1 Å². The van der Waals surface area contributed by atoms with Crippen LogP contribution in [0.2, 0.25) is 5.02 Å². The number of nitrogens with zero attached hydrogens (tertiary/aromatic N) is 2. The second-order valence-electron chi connectivity index (χ2n) is 4.44. The summed E-state index contributed by atoms with van der Waals surface area (Å²) in [5, 5.41) is 11.9. The van der Waals surface area contributed by atoms with Crippen LogP contribution in [0.25, 0.3) is 0 Å². The number of thiocarbonyl (C=S) groups is 1. The number of hydrogen-bond donors (Lipinski definition) is 2. The zero-order valence-corrected chi connectivity index (χ0v) is 12.8. The number of hydrogen-bond acceptors (Lipinski definition) is 2. The van der Waals surface area contributed by atoms with Gasteiger partial charge in [-0.25, -0.2) is 0 Å². The summed E-state index contributed by atoms with van der Waals surface area (Å²) in [5.41, 5.74) is 2.10. The van der Waals surface area contributed by atoms with E-state index in [0.717, 1.165) is 25.2 Å². The van der Waals surface area contributed by atoms with Gasteiger partial charge in [0.1, 0.15) is 0 Å². The van der Waals surface area contributed by atoms with Gasteiger partial charge in [-0.2, -0.15) is 5.10 Å². The largest absolute Gasteiger partial charge is 0.362 e. The molecular formula is C14H17ClN4S. The minimum atomic E-state index is 0.615. The first kappa shape index (κ1) is 14.8. The molecule has 0 saturated heterocycles. The Labute approximate surface area is 129 Å². The molecule has 2 N–H and O–H groups in total. The summed E-state index contributed by atoms with van der Waals surface area (Å²) in [5.74, 6) is 0. The van der Waals surface area contributed by atoms with E-state index in [1.165, 1.54) is 5.69 Å². The molecule has 4 nitrogen and oxygen atoms in total. The van der Waals surface area contributed by atoms with Gasteiger partial charge in [-0.1, -0.05) is 11.6 Å². The Morgan fingerprint density at radius 2 is 2.05 bits per heavy atom. The summed E-state index contributed by atoms with van der Waals surface area (Å²) in [4.78, 5) is 0. The summed E-state index contributed by atoms with van der Waals surface area (Å²) in [6, 6.07) is 9.44. The molecule has 2 rings (SSSR count). The average Bonchev–Trinajstić information content (AvgIpc) is 2.83. The van der Waals surface area contributed by atoms with Gasteiger partial charge < -0.3 is 10.6 Å². The number of aromatic nitrogens is 2. The van der Waals surface area contributed by atoms with E-state index in [2.05, 4.69) is 15.7 Å². The average molecular weight is 309 g/mol. The van der Waals surface area contributed by atoms with E-state index >= 15 is 0 Å². The summed E-state index contributed by atoms with van der Waals surface area (Å²) in [6.45, 7) is 3.74. The molecular weight excluding hydrogens is 292 g/mol. The normalized spacial score (nSPS) is 10.3. The highest BCUT2D eigenvalue weighted by atomic mass is 35.5. The van der Waals surface area contributed by atoms with Gasteiger partial charge in [0.25, 0.3) is 0 Å². The first-order valence-corrected chi connectivity index (χ1v) is 7.22. The van der Waals surface area contributed by atoms with Crippen molar-refractivity contribution in [3.63, 3.8) is 0 Å². The van der Waals surface area contributed by atoms with Crippen molar-refractivity contribution < 1.29 is 0 Å². The number of aryl methyl sites for hydroxylation is 2. The van der Waals surface area contributed by atoms with Crippen LogP contribution >= 0.6 is 23.8 Å². The van der Waals surface area contributed by atoms with Crippen LogP contribution in [0.5, 0.6) is 0 Å². The highest BCUT2D eigenvalue weighted by Gasteiger charge is 1.99. The number of nitrogens with one attached hydrogen (secondary N) is 2. The molecule has 0 spiro atoms. The highest BCUT2D eigenvalue weighted by Crippen LogP contribution is 2.13. The van der Waals surface area contributed by atoms with E-state index < -0.39 is 0 Å². The van der Waals surface area contributed by atoms with Crippen LogP contribution in [0.3, 0.4) is 0 Å². The molecule has 0 fully saturated rings. The van der Waals surface area contributed by atoms with E-state index in [9.17, 15) is 0 Å². The lowest BCUT2D eigenvalue weighted by Crippen LogP contribution is -2.29. The minimum absolute atomic E-state index is 0.615. The fraction of sp³-hybridized carbons (Fsp3) is 0.286. The number of rotatable bonds is 5. The van der Waals surface area contributed by atoms with E-state index in [0.29, 0.717) is 10.1 Å². The van der Waals surface area contributed by atoms with Crippen LogP contribution in [0.1, 0.15) is 12.1 Å². The van der Waals surface area contributed by atoms with Crippen LogP contribution in [0, 0.1) is 6.92 Å². The molecule has 0 amide bonds. The SMILES string of the molecule is Cc1ccnn1CCCNC(=S)Nc1ccc(Cl)cc1. The molecule has 1 heterocycles. The number of halogens is 1. The third-order valence-corrected chi connectivity index (χ3v) is 3.36. The summed E-state index contributed by atoms with van der Waals surface area (Å²) < 4.78 is 1.98. The Morgan fingerprint density at radius 1 is 1.30 bits per heavy atom.